The van der Waals surface area contributed by atoms with Gasteiger partial charge in [0.2, 0.25) is 0 Å². The zero-order chi connectivity index (χ0) is 21.8. The van der Waals surface area contributed by atoms with E-state index in [-0.39, 0.29) is 12.2 Å². The third-order valence-electron chi connectivity index (χ3n) is 4.66. The van der Waals surface area contributed by atoms with Gasteiger partial charge < -0.3 is 4.74 Å². The van der Waals surface area contributed by atoms with E-state index in [2.05, 4.69) is 0 Å². The van der Waals surface area contributed by atoms with Crippen molar-refractivity contribution in [2.24, 2.45) is 0 Å². The van der Waals surface area contributed by atoms with Gasteiger partial charge in [0.1, 0.15) is 5.25 Å². The number of carbonyl (C=O) groups is 1. The topological polar surface area (TPSA) is 61.2 Å². The molecule has 0 radical (unpaired) electrons. The molecule has 7 heteroatoms. The van der Waals surface area contributed by atoms with E-state index in [9.17, 15) is 9.59 Å². The van der Waals surface area contributed by atoms with Gasteiger partial charge in [-0.1, -0.05) is 78.0 Å². The molecule has 1 aromatic heterocycles. The summed E-state index contributed by atoms with van der Waals surface area (Å²) in [5.74, 6) is -0.396. The first-order chi connectivity index (χ1) is 15.1. The third-order valence-corrected chi connectivity index (χ3v) is 6.17. The third kappa shape index (κ3) is 4.36. The van der Waals surface area contributed by atoms with Crippen LogP contribution in [0.2, 0.25) is 5.02 Å². The summed E-state index contributed by atoms with van der Waals surface area (Å²) >= 11 is 7.60. The number of para-hydroxylation sites is 2. The number of rotatable bonds is 6. The Labute approximate surface area is 188 Å². The van der Waals surface area contributed by atoms with Crippen molar-refractivity contribution in [2.45, 2.75) is 17.3 Å². The molecular weight excluding hydrogens is 432 g/mol. The van der Waals surface area contributed by atoms with Crippen LogP contribution in [0.4, 0.5) is 0 Å². The maximum Gasteiger partial charge on any atom is 0.324 e. The second-order valence-electron chi connectivity index (χ2n) is 6.66. The van der Waals surface area contributed by atoms with E-state index in [0.717, 1.165) is 5.56 Å². The van der Waals surface area contributed by atoms with Crippen LogP contribution < -0.4 is 5.56 Å². The minimum atomic E-state index is -0.692. The fraction of sp³-hybridized carbons (Fsp3) is 0.125. The highest BCUT2D eigenvalue weighted by molar-refractivity contribution is 8.00. The number of esters is 1. The van der Waals surface area contributed by atoms with E-state index in [1.165, 1.54) is 16.3 Å². The van der Waals surface area contributed by atoms with Crippen LogP contribution in [-0.2, 0) is 9.53 Å². The average molecular weight is 451 g/mol. The van der Waals surface area contributed by atoms with Crippen LogP contribution >= 0.6 is 23.4 Å². The molecule has 0 saturated heterocycles. The van der Waals surface area contributed by atoms with Gasteiger partial charge in [-0.2, -0.15) is 0 Å². The van der Waals surface area contributed by atoms with E-state index in [1.807, 2.05) is 36.4 Å². The molecule has 0 fully saturated rings. The van der Waals surface area contributed by atoms with E-state index >= 15 is 0 Å². The van der Waals surface area contributed by atoms with Gasteiger partial charge in [0.25, 0.3) is 5.56 Å². The molecule has 1 heterocycles. The molecule has 0 spiro atoms. The minimum Gasteiger partial charge on any atom is -0.465 e. The number of hydrogen-bond acceptors (Lipinski definition) is 5. The number of benzene rings is 3. The SMILES string of the molecule is CCOC(=O)[C@H](Sc1nc2ccccc2c(=O)n1-c1ccccc1Cl)c1ccccc1. The number of fused-ring (bicyclic) bond motifs is 1. The Bertz CT molecular complexity index is 1290. The first-order valence-corrected chi connectivity index (χ1v) is 11.0. The van der Waals surface area contributed by atoms with Crippen LogP contribution in [0.25, 0.3) is 16.6 Å². The Hall–Kier alpha value is -3.09. The monoisotopic (exact) mass is 450 g/mol. The molecule has 1 atom stereocenters. The van der Waals surface area contributed by atoms with Crippen molar-refractivity contribution in [2.75, 3.05) is 6.61 Å². The molecule has 0 N–H and O–H groups in total. The summed E-state index contributed by atoms with van der Waals surface area (Å²) in [6, 6.07) is 23.5. The number of ether oxygens (including phenoxy) is 1. The molecule has 0 bridgehead atoms. The van der Waals surface area contributed by atoms with Crippen molar-refractivity contribution in [3.8, 4) is 5.69 Å². The van der Waals surface area contributed by atoms with Crippen LogP contribution in [0.15, 0.2) is 88.8 Å². The molecule has 0 aliphatic rings. The summed E-state index contributed by atoms with van der Waals surface area (Å²) in [7, 11) is 0. The van der Waals surface area contributed by atoms with Crippen molar-refractivity contribution in [3.63, 3.8) is 0 Å². The smallest absolute Gasteiger partial charge is 0.324 e. The minimum absolute atomic E-state index is 0.253. The van der Waals surface area contributed by atoms with Crippen molar-refractivity contribution < 1.29 is 9.53 Å². The predicted molar refractivity (Wildman–Crippen MR) is 124 cm³/mol. The van der Waals surface area contributed by atoms with Gasteiger partial charge in [-0.15, -0.1) is 0 Å². The highest BCUT2D eigenvalue weighted by Crippen LogP contribution is 2.37. The fourth-order valence-electron chi connectivity index (χ4n) is 3.24. The molecule has 0 amide bonds. The Kier molecular flexibility index (Phi) is 6.39. The lowest BCUT2D eigenvalue weighted by Gasteiger charge is -2.19. The first kappa shape index (κ1) is 21.2. The number of thioether (sulfide) groups is 1. The fourth-order valence-corrected chi connectivity index (χ4v) is 4.57. The van der Waals surface area contributed by atoms with Crippen molar-refractivity contribution in [1.82, 2.24) is 9.55 Å². The second kappa shape index (κ2) is 9.37. The van der Waals surface area contributed by atoms with Crippen LogP contribution in [0, 0.1) is 0 Å². The molecule has 4 aromatic rings. The van der Waals surface area contributed by atoms with E-state index in [0.29, 0.717) is 26.8 Å². The average Bonchev–Trinajstić information content (AvgIpc) is 2.79. The molecule has 156 valence electrons. The summed E-state index contributed by atoms with van der Waals surface area (Å²) in [6.45, 7) is 2.02. The second-order valence-corrected chi connectivity index (χ2v) is 8.14. The van der Waals surface area contributed by atoms with Gasteiger partial charge in [0.05, 0.1) is 28.2 Å². The highest BCUT2D eigenvalue weighted by Gasteiger charge is 2.27. The largest absolute Gasteiger partial charge is 0.465 e. The Morgan fingerprint density at radius 1 is 1.03 bits per heavy atom. The summed E-state index contributed by atoms with van der Waals surface area (Å²) < 4.78 is 6.78. The molecule has 5 nitrogen and oxygen atoms in total. The molecule has 3 aromatic carbocycles. The maximum atomic E-state index is 13.5. The van der Waals surface area contributed by atoms with Crippen molar-refractivity contribution in [3.05, 3.63) is 99.8 Å². The van der Waals surface area contributed by atoms with E-state index in [1.54, 1.807) is 49.4 Å². The van der Waals surface area contributed by atoms with Gasteiger partial charge in [-0.25, -0.2) is 4.98 Å². The van der Waals surface area contributed by atoms with E-state index in [4.69, 9.17) is 21.3 Å². The summed E-state index contributed by atoms with van der Waals surface area (Å²) in [6.07, 6.45) is 0. The summed E-state index contributed by atoms with van der Waals surface area (Å²) in [5, 5.41) is 0.553. The molecule has 0 aliphatic heterocycles. The normalized spacial score (nSPS) is 11.9. The van der Waals surface area contributed by atoms with Crippen molar-refractivity contribution >= 4 is 40.2 Å². The molecule has 4 rings (SSSR count). The van der Waals surface area contributed by atoms with Crippen molar-refractivity contribution in [1.29, 1.82) is 0 Å². The van der Waals surface area contributed by atoms with Crippen LogP contribution in [-0.4, -0.2) is 22.1 Å². The number of hydrogen-bond donors (Lipinski definition) is 0. The van der Waals surface area contributed by atoms with Gasteiger partial charge >= 0.3 is 5.97 Å². The number of aromatic nitrogens is 2. The van der Waals surface area contributed by atoms with Gasteiger partial charge in [0.15, 0.2) is 5.16 Å². The molecule has 0 unspecified atom stereocenters. The van der Waals surface area contributed by atoms with E-state index < -0.39 is 11.2 Å². The van der Waals surface area contributed by atoms with Crippen LogP contribution in [0.3, 0.4) is 0 Å². The Morgan fingerprint density at radius 2 is 1.71 bits per heavy atom. The zero-order valence-corrected chi connectivity index (χ0v) is 18.3. The number of carbonyl (C=O) groups excluding carboxylic acids is 1. The highest BCUT2D eigenvalue weighted by atomic mass is 35.5. The molecular formula is C24H19ClN2O3S. The van der Waals surface area contributed by atoms with Crippen LogP contribution in [0.5, 0.6) is 0 Å². The lowest BCUT2D eigenvalue weighted by atomic mass is 10.1. The van der Waals surface area contributed by atoms with Gasteiger partial charge in [-0.05, 0) is 36.8 Å². The quantitative estimate of drug-likeness (QED) is 0.222. The molecule has 0 saturated carbocycles. The number of nitrogens with zero attached hydrogens (tertiary/aromatic N) is 2. The predicted octanol–water partition coefficient (Wildman–Crippen LogP) is 5.44. The lowest BCUT2D eigenvalue weighted by molar-refractivity contribution is -0.142. The van der Waals surface area contributed by atoms with Gasteiger partial charge in [-0.3, -0.25) is 14.2 Å². The Balaban J connectivity index is 1.93. The zero-order valence-electron chi connectivity index (χ0n) is 16.7. The summed E-state index contributed by atoms with van der Waals surface area (Å²) in [5.41, 5.74) is 1.57. The van der Waals surface area contributed by atoms with Gasteiger partial charge in [0, 0.05) is 0 Å². The maximum absolute atomic E-state index is 13.5. The Morgan fingerprint density at radius 3 is 2.45 bits per heavy atom. The van der Waals surface area contributed by atoms with Crippen LogP contribution in [0.1, 0.15) is 17.7 Å². The number of halogens is 1. The first-order valence-electron chi connectivity index (χ1n) is 9.75. The molecule has 31 heavy (non-hydrogen) atoms. The summed E-state index contributed by atoms with van der Waals surface area (Å²) in [4.78, 5) is 31.0. The standard InChI is InChI=1S/C24H19ClN2O3S/c1-2-30-23(29)21(16-10-4-3-5-11-16)31-24-26-19-14-8-6-12-17(19)22(28)27(24)20-15-9-7-13-18(20)25/h3-15,21H,2H2,1H3/t21-/m1/s1. The molecule has 0 aliphatic carbocycles. The lowest BCUT2D eigenvalue weighted by Crippen LogP contribution is -2.23.